The van der Waals surface area contributed by atoms with Crippen LogP contribution in [0.15, 0.2) is 59.7 Å². The Morgan fingerprint density at radius 2 is 1.68 bits per heavy atom. The lowest BCUT2D eigenvalue weighted by atomic mass is 9.63. The van der Waals surface area contributed by atoms with Crippen LogP contribution in [0, 0.1) is 33.8 Å². The summed E-state index contributed by atoms with van der Waals surface area (Å²) in [7, 11) is 1.51. The Bertz CT molecular complexity index is 1170. The smallest absolute Gasteiger partial charge is 0.269 e. The van der Waals surface area contributed by atoms with Gasteiger partial charge in [0, 0.05) is 12.1 Å². The van der Waals surface area contributed by atoms with Crippen LogP contribution in [0.2, 0.25) is 0 Å². The van der Waals surface area contributed by atoms with Gasteiger partial charge in [0.15, 0.2) is 11.5 Å². The summed E-state index contributed by atoms with van der Waals surface area (Å²) in [6.07, 6.45) is 7.52. The van der Waals surface area contributed by atoms with Gasteiger partial charge < -0.3 is 9.47 Å². The van der Waals surface area contributed by atoms with E-state index < -0.39 is 4.92 Å². The van der Waals surface area contributed by atoms with Crippen LogP contribution in [-0.2, 0) is 16.2 Å². The first-order valence-corrected chi connectivity index (χ1v) is 11.1. The highest BCUT2D eigenvalue weighted by Gasteiger charge is 2.56. The van der Waals surface area contributed by atoms with E-state index in [1.807, 2.05) is 0 Å². The van der Waals surface area contributed by atoms with E-state index in [-0.39, 0.29) is 47.8 Å². The fraction of sp³-hybridized carbons (Fsp3) is 0.320. The monoisotopic (exact) mass is 461 g/mol. The Morgan fingerprint density at radius 3 is 2.24 bits per heavy atom. The molecule has 2 amide bonds. The molecule has 9 heteroatoms. The van der Waals surface area contributed by atoms with E-state index in [2.05, 4.69) is 17.3 Å². The second kappa shape index (κ2) is 8.74. The van der Waals surface area contributed by atoms with Crippen molar-refractivity contribution in [1.82, 2.24) is 5.01 Å². The molecule has 4 aliphatic rings. The number of hydrogen-bond donors (Lipinski definition) is 0. The minimum atomic E-state index is -0.452. The van der Waals surface area contributed by atoms with Crippen LogP contribution in [0.4, 0.5) is 5.69 Å². The molecule has 2 aromatic carbocycles. The zero-order chi connectivity index (χ0) is 23.8. The quantitative estimate of drug-likeness (QED) is 0.204. The Balaban J connectivity index is 1.27. The summed E-state index contributed by atoms with van der Waals surface area (Å²) in [5.41, 5.74) is 1.44. The summed E-state index contributed by atoms with van der Waals surface area (Å²) < 4.78 is 11.2. The number of non-ortho nitro benzene ring substituents is 1. The molecule has 174 valence electrons. The van der Waals surface area contributed by atoms with Crippen molar-refractivity contribution in [2.45, 2.75) is 19.4 Å². The number of nitro groups is 1. The van der Waals surface area contributed by atoms with E-state index >= 15 is 0 Å². The van der Waals surface area contributed by atoms with Gasteiger partial charge in [-0.15, -0.1) is 0 Å². The maximum Gasteiger partial charge on any atom is 0.269 e. The Morgan fingerprint density at radius 1 is 1.03 bits per heavy atom. The van der Waals surface area contributed by atoms with Crippen molar-refractivity contribution in [3.05, 3.63) is 75.9 Å². The van der Waals surface area contributed by atoms with Crippen LogP contribution in [0.25, 0.3) is 0 Å². The third-order valence-electron chi connectivity index (χ3n) is 6.79. The van der Waals surface area contributed by atoms with E-state index in [1.165, 1.54) is 25.5 Å². The number of benzene rings is 2. The molecule has 9 nitrogen and oxygen atoms in total. The van der Waals surface area contributed by atoms with Crippen molar-refractivity contribution in [3.63, 3.8) is 0 Å². The van der Waals surface area contributed by atoms with Gasteiger partial charge >= 0.3 is 0 Å². The maximum atomic E-state index is 12.9. The van der Waals surface area contributed by atoms with Gasteiger partial charge in [-0.05, 0) is 66.1 Å². The highest BCUT2D eigenvalue weighted by atomic mass is 16.6. The van der Waals surface area contributed by atoms with Gasteiger partial charge in [0.05, 0.1) is 30.1 Å². The van der Waals surface area contributed by atoms with Crippen LogP contribution in [0.3, 0.4) is 0 Å². The number of hydrazone groups is 1. The molecule has 1 saturated carbocycles. The number of rotatable bonds is 7. The summed E-state index contributed by atoms with van der Waals surface area (Å²) in [6, 6.07) is 11.3. The van der Waals surface area contributed by atoms with Crippen molar-refractivity contribution in [2.24, 2.45) is 28.8 Å². The van der Waals surface area contributed by atoms with Gasteiger partial charge in [0.25, 0.3) is 17.5 Å². The molecule has 0 N–H and O–H groups in total. The minimum Gasteiger partial charge on any atom is -0.493 e. The maximum absolute atomic E-state index is 12.9. The Labute approximate surface area is 195 Å². The molecular formula is C25H23N3O6. The lowest BCUT2D eigenvalue weighted by Gasteiger charge is -2.37. The number of nitro benzene ring substituents is 1. The summed E-state index contributed by atoms with van der Waals surface area (Å²) >= 11 is 0. The van der Waals surface area contributed by atoms with Crippen LogP contribution < -0.4 is 9.47 Å². The van der Waals surface area contributed by atoms with Crippen molar-refractivity contribution < 1.29 is 24.0 Å². The Hall–Kier alpha value is -4.01. The van der Waals surface area contributed by atoms with Crippen molar-refractivity contribution >= 4 is 23.7 Å². The second-order valence-corrected chi connectivity index (χ2v) is 8.70. The summed E-state index contributed by atoms with van der Waals surface area (Å²) in [6.45, 7) is 0.206. The molecule has 3 aliphatic carbocycles. The molecule has 0 aromatic heterocycles. The lowest BCUT2D eigenvalue weighted by molar-refractivity contribution is -0.384. The first-order chi connectivity index (χ1) is 16.5. The number of imide groups is 1. The SMILES string of the molecule is COc1cc(/C=N\N2C(=O)[C@@H]3[C@@H](C2=O)[C@@H]2C=C[C@@H]3CC2)ccc1OCc1ccc([N+](=O)[O-])cc1. The normalized spacial score (nSPS) is 25.1. The van der Waals surface area contributed by atoms with Crippen LogP contribution in [0.5, 0.6) is 11.5 Å². The first kappa shape index (κ1) is 21.8. The number of carbonyl (C=O) groups excluding carboxylic acids is 2. The molecule has 0 radical (unpaired) electrons. The van der Waals surface area contributed by atoms with Crippen LogP contribution >= 0.6 is 0 Å². The molecule has 2 bridgehead atoms. The number of allylic oxidation sites excluding steroid dienone is 2. The molecule has 0 unspecified atom stereocenters. The summed E-state index contributed by atoms with van der Waals surface area (Å²) in [5, 5.41) is 16.0. The van der Waals surface area contributed by atoms with Gasteiger partial charge in [-0.25, -0.2) is 0 Å². The molecular weight excluding hydrogens is 438 g/mol. The topological polar surface area (TPSA) is 111 Å². The highest BCUT2D eigenvalue weighted by Crippen LogP contribution is 2.49. The largest absolute Gasteiger partial charge is 0.493 e. The van der Waals surface area contributed by atoms with Gasteiger partial charge in [0.1, 0.15) is 6.61 Å². The highest BCUT2D eigenvalue weighted by molar-refractivity contribution is 6.06. The number of methoxy groups -OCH3 is 1. The van der Waals surface area contributed by atoms with Crippen molar-refractivity contribution in [3.8, 4) is 11.5 Å². The number of nitrogens with zero attached hydrogens (tertiary/aromatic N) is 3. The van der Waals surface area contributed by atoms with Gasteiger partial charge in [-0.2, -0.15) is 10.1 Å². The fourth-order valence-corrected chi connectivity index (χ4v) is 5.06. The summed E-state index contributed by atoms with van der Waals surface area (Å²) in [4.78, 5) is 36.1. The van der Waals surface area contributed by atoms with E-state index in [0.29, 0.717) is 17.1 Å². The van der Waals surface area contributed by atoms with Crippen molar-refractivity contribution in [2.75, 3.05) is 7.11 Å². The molecule has 1 aliphatic heterocycles. The molecule has 0 spiro atoms. The van der Waals surface area contributed by atoms with Crippen LogP contribution in [-0.4, -0.2) is 35.1 Å². The zero-order valence-corrected chi connectivity index (χ0v) is 18.5. The molecule has 6 rings (SSSR count). The number of carbonyl (C=O) groups is 2. The number of amides is 2. The first-order valence-electron chi connectivity index (χ1n) is 11.1. The summed E-state index contributed by atoms with van der Waals surface area (Å²) in [5.74, 6) is 0.163. The lowest BCUT2D eigenvalue weighted by Crippen LogP contribution is -2.38. The molecule has 2 fully saturated rings. The third-order valence-corrected chi connectivity index (χ3v) is 6.79. The standard InChI is InChI=1S/C25H23N3O6/c1-33-21-12-16(4-11-20(21)34-14-15-2-9-19(10-3-15)28(31)32)13-26-27-24(29)22-17-5-6-18(8-7-17)23(22)25(27)30/h2-6,9-13,17-18,22-23H,7-8,14H2,1H3/b26-13-/t17-,18-,22+,23+/m1/s1. The zero-order valence-electron chi connectivity index (χ0n) is 18.5. The molecule has 34 heavy (non-hydrogen) atoms. The molecule has 1 saturated heterocycles. The fourth-order valence-electron chi connectivity index (χ4n) is 5.06. The molecule has 2 aromatic rings. The number of fused-ring (bicyclic) bond motifs is 1. The predicted molar refractivity (Wildman–Crippen MR) is 122 cm³/mol. The molecule has 1 heterocycles. The average molecular weight is 461 g/mol. The van der Waals surface area contributed by atoms with Gasteiger partial charge in [-0.3, -0.25) is 19.7 Å². The van der Waals surface area contributed by atoms with Gasteiger partial charge in [-0.1, -0.05) is 12.2 Å². The Kier molecular flexibility index (Phi) is 5.61. The second-order valence-electron chi connectivity index (χ2n) is 8.70. The van der Waals surface area contributed by atoms with E-state index in [1.54, 1.807) is 30.3 Å². The average Bonchev–Trinajstić information content (AvgIpc) is 3.14. The number of hydrogen-bond acceptors (Lipinski definition) is 7. The van der Waals surface area contributed by atoms with E-state index in [4.69, 9.17) is 9.47 Å². The minimum absolute atomic E-state index is 0.0168. The number of ether oxygens (including phenoxy) is 2. The molecule has 4 atom stereocenters. The van der Waals surface area contributed by atoms with Crippen molar-refractivity contribution in [1.29, 1.82) is 0 Å². The predicted octanol–water partition coefficient (Wildman–Crippen LogP) is 3.71. The third kappa shape index (κ3) is 3.83. The van der Waals surface area contributed by atoms with E-state index in [9.17, 15) is 19.7 Å². The van der Waals surface area contributed by atoms with Gasteiger partial charge in [0.2, 0.25) is 0 Å². The van der Waals surface area contributed by atoms with E-state index in [0.717, 1.165) is 23.4 Å². The van der Waals surface area contributed by atoms with Crippen LogP contribution in [0.1, 0.15) is 24.0 Å².